The lowest BCUT2D eigenvalue weighted by molar-refractivity contribution is -0.137. The number of benzene rings is 1. The highest BCUT2D eigenvalue weighted by Crippen LogP contribution is 2.23. The van der Waals surface area contributed by atoms with Crippen molar-refractivity contribution in [1.29, 1.82) is 0 Å². The van der Waals surface area contributed by atoms with E-state index in [0.717, 1.165) is 5.56 Å². The van der Waals surface area contributed by atoms with E-state index in [9.17, 15) is 9.59 Å². The van der Waals surface area contributed by atoms with Gasteiger partial charge in [-0.2, -0.15) is 0 Å². The summed E-state index contributed by atoms with van der Waals surface area (Å²) in [5, 5.41) is 2.63. The lowest BCUT2D eigenvalue weighted by atomic mass is 10.1. The number of carbonyl (C=O) groups is 2. The van der Waals surface area contributed by atoms with E-state index >= 15 is 0 Å². The molecule has 0 saturated heterocycles. The van der Waals surface area contributed by atoms with Crippen LogP contribution < -0.4 is 5.32 Å². The van der Waals surface area contributed by atoms with Crippen molar-refractivity contribution >= 4 is 17.6 Å². The second-order valence-corrected chi connectivity index (χ2v) is 3.31. The van der Waals surface area contributed by atoms with Crippen LogP contribution in [0.4, 0.5) is 0 Å². The number of ether oxygens (including phenoxy) is 1. The summed E-state index contributed by atoms with van der Waals surface area (Å²) in [7, 11) is 0. The maximum atomic E-state index is 11.5. The van der Waals surface area contributed by atoms with Crippen LogP contribution in [0.25, 0.3) is 5.70 Å². The van der Waals surface area contributed by atoms with Crippen molar-refractivity contribution in [3.05, 3.63) is 41.5 Å². The maximum Gasteiger partial charge on any atom is 0.332 e. The molecule has 1 aliphatic rings. The molecule has 0 bridgehead atoms. The third-order valence-corrected chi connectivity index (χ3v) is 2.26. The van der Waals surface area contributed by atoms with Crippen LogP contribution in [-0.4, -0.2) is 18.5 Å². The van der Waals surface area contributed by atoms with E-state index in [1.165, 1.54) is 6.08 Å². The molecule has 0 aromatic heterocycles. The number of carbonyl (C=O) groups excluding carboxylic acids is 2. The Labute approximate surface area is 92.9 Å². The van der Waals surface area contributed by atoms with Crippen LogP contribution >= 0.6 is 0 Å². The van der Waals surface area contributed by atoms with Crippen LogP contribution in [-0.2, 0) is 9.53 Å². The van der Waals surface area contributed by atoms with Crippen LogP contribution in [0.15, 0.2) is 30.3 Å². The average Bonchev–Trinajstić information content (AvgIpc) is 2.57. The molecule has 16 heavy (non-hydrogen) atoms. The van der Waals surface area contributed by atoms with Crippen molar-refractivity contribution in [1.82, 2.24) is 5.32 Å². The first-order valence-electron chi connectivity index (χ1n) is 5.01. The van der Waals surface area contributed by atoms with Gasteiger partial charge in [-0.15, -0.1) is 0 Å². The van der Waals surface area contributed by atoms with E-state index in [0.29, 0.717) is 17.9 Å². The molecule has 0 aliphatic carbocycles. The molecular formula is C12H11NO3. The Morgan fingerprint density at radius 1 is 1.38 bits per heavy atom. The van der Waals surface area contributed by atoms with Crippen molar-refractivity contribution in [2.45, 2.75) is 6.92 Å². The van der Waals surface area contributed by atoms with E-state index in [2.05, 4.69) is 5.32 Å². The van der Waals surface area contributed by atoms with Crippen molar-refractivity contribution in [3.63, 3.8) is 0 Å². The third kappa shape index (κ3) is 1.82. The van der Waals surface area contributed by atoms with E-state index in [1.807, 2.05) is 6.07 Å². The summed E-state index contributed by atoms with van der Waals surface area (Å²) in [5.41, 5.74) is 1.82. The Hall–Kier alpha value is -2.10. The summed E-state index contributed by atoms with van der Waals surface area (Å²) in [5.74, 6) is -0.638. The summed E-state index contributed by atoms with van der Waals surface area (Å²) in [6.45, 7) is 2.05. The fourth-order valence-corrected chi connectivity index (χ4v) is 1.59. The minimum absolute atomic E-state index is 0.189. The number of nitrogens with one attached hydrogen (secondary N) is 1. The van der Waals surface area contributed by atoms with Gasteiger partial charge in [-0.3, -0.25) is 4.79 Å². The molecule has 4 heteroatoms. The molecular weight excluding hydrogens is 206 g/mol. The Bertz CT molecular complexity index is 477. The van der Waals surface area contributed by atoms with Crippen LogP contribution in [0.3, 0.4) is 0 Å². The van der Waals surface area contributed by atoms with Gasteiger partial charge in [0.2, 0.25) is 0 Å². The van der Waals surface area contributed by atoms with Gasteiger partial charge in [0.25, 0.3) is 5.91 Å². The molecule has 1 aliphatic heterocycles. The number of amides is 1. The molecule has 2 rings (SSSR count). The molecule has 82 valence electrons. The average molecular weight is 217 g/mol. The fraction of sp³-hybridized carbons (Fsp3) is 0.167. The van der Waals surface area contributed by atoms with Crippen LogP contribution in [0.2, 0.25) is 0 Å². The van der Waals surface area contributed by atoms with Crippen molar-refractivity contribution in [3.8, 4) is 0 Å². The number of hydrogen-bond donors (Lipinski definition) is 1. The van der Waals surface area contributed by atoms with Gasteiger partial charge in [0.15, 0.2) is 0 Å². The molecule has 0 fully saturated rings. The highest BCUT2D eigenvalue weighted by molar-refractivity contribution is 6.11. The SMILES string of the molecule is CCOC(=O)C=C1NC(=O)c2ccccc21. The second-order valence-electron chi connectivity index (χ2n) is 3.31. The highest BCUT2D eigenvalue weighted by atomic mass is 16.5. The molecule has 1 aromatic rings. The monoisotopic (exact) mass is 217 g/mol. The lowest BCUT2D eigenvalue weighted by Gasteiger charge is -1.99. The molecule has 0 spiro atoms. The maximum absolute atomic E-state index is 11.5. The first-order chi connectivity index (χ1) is 7.72. The summed E-state index contributed by atoms with van der Waals surface area (Å²) in [6.07, 6.45) is 1.30. The Kier molecular flexibility index (Phi) is 2.72. The Morgan fingerprint density at radius 3 is 2.75 bits per heavy atom. The zero-order valence-corrected chi connectivity index (χ0v) is 8.82. The van der Waals surface area contributed by atoms with E-state index in [4.69, 9.17) is 4.74 Å². The normalized spacial score (nSPS) is 15.8. The molecule has 1 heterocycles. The number of hydrogen-bond acceptors (Lipinski definition) is 3. The predicted molar refractivity (Wildman–Crippen MR) is 58.5 cm³/mol. The van der Waals surface area contributed by atoms with Gasteiger partial charge < -0.3 is 10.1 Å². The first-order valence-corrected chi connectivity index (χ1v) is 5.01. The topological polar surface area (TPSA) is 55.4 Å². The molecule has 0 radical (unpaired) electrons. The quantitative estimate of drug-likeness (QED) is 0.600. The van der Waals surface area contributed by atoms with Crippen LogP contribution in [0.5, 0.6) is 0 Å². The van der Waals surface area contributed by atoms with Gasteiger partial charge in [-0.05, 0) is 13.0 Å². The Morgan fingerprint density at radius 2 is 2.06 bits per heavy atom. The van der Waals surface area contributed by atoms with E-state index in [1.54, 1.807) is 25.1 Å². The van der Waals surface area contributed by atoms with Gasteiger partial charge in [0, 0.05) is 17.2 Å². The summed E-state index contributed by atoms with van der Waals surface area (Å²) >= 11 is 0. The van der Waals surface area contributed by atoms with Crippen LogP contribution in [0.1, 0.15) is 22.8 Å². The molecule has 1 amide bonds. The second kappa shape index (κ2) is 4.18. The smallest absolute Gasteiger partial charge is 0.332 e. The van der Waals surface area contributed by atoms with Gasteiger partial charge in [0.1, 0.15) is 0 Å². The summed E-state index contributed by atoms with van der Waals surface area (Å²) < 4.78 is 4.79. The van der Waals surface area contributed by atoms with Gasteiger partial charge in [-0.1, -0.05) is 18.2 Å². The van der Waals surface area contributed by atoms with Crippen molar-refractivity contribution in [2.24, 2.45) is 0 Å². The zero-order chi connectivity index (χ0) is 11.5. The molecule has 1 aromatic carbocycles. The number of esters is 1. The molecule has 0 saturated carbocycles. The lowest BCUT2D eigenvalue weighted by Crippen LogP contribution is -2.13. The van der Waals surface area contributed by atoms with Crippen molar-refractivity contribution in [2.75, 3.05) is 6.61 Å². The van der Waals surface area contributed by atoms with Crippen LogP contribution in [0, 0.1) is 0 Å². The third-order valence-electron chi connectivity index (χ3n) is 2.26. The molecule has 1 N–H and O–H groups in total. The summed E-state index contributed by atoms with van der Waals surface area (Å²) in [4.78, 5) is 22.8. The van der Waals surface area contributed by atoms with E-state index in [-0.39, 0.29) is 5.91 Å². The predicted octanol–water partition coefficient (Wildman–Crippen LogP) is 1.33. The van der Waals surface area contributed by atoms with E-state index < -0.39 is 5.97 Å². The van der Waals surface area contributed by atoms with Crippen molar-refractivity contribution < 1.29 is 14.3 Å². The van der Waals surface area contributed by atoms with Gasteiger partial charge in [0.05, 0.1) is 12.3 Å². The minimum Gasteiger partial charge on any atom is -0.463 e. The van der Waals surface area contributed by atoms with Gasteiger partial charge in [-0.25, -0.2) is 4.79 Å². The Balaban J connectivity index is 2.34. The standard InChI is InChI=1S/C12H11NO3/c1-2-16-11(14)7-10-8-5-3-4-6-9(8)12(15)13-10/h3-7H,2H2,1H3,(H,13,15). The summed E-state index contributed by atoms with van der Waals surface area (Å²) in [6, 6.07) is 7.11. The number of rotatable bonds is 2. The highest BCUT2D eigenvalue weighted by Gasteiger charge is 2.23. The fourth-order valence-electron chi connectivity index (χ4n) is 1.59. The molecule has 0 unspecified atom stereocenters. The zero-order valence-electron chi connectivity index (χ0n) is 8.82. The molecule has 0 atom stereocenters. The minimum atomic E-state index is -0.450. The first kappa shape index (κ1) is 10.4. The van der Waals surface area contributed by atoms with Gasteiger partial charge >= 0.3 is 5.97 Å². The largest absolute Gasteiger partial charge is 0.463 e. The number of fused-ring (bicyclic) bond motifs is 1. The molecule has 4 nitrogen and oxygen atoms in total.